The smallest absolute Gasteiger partial charge is 0.322 e. The lowest BCUT2D eigenvalue weighted by Crippen LogP contribution is -2.32. The number of rotatable bonds is 8. The van der Waals surface area contributed by atoms with Crippen molar-refractivity contribution < 1.29 is 14.3 Å². The normalized spacial score (nSPS) is 11.9. The Morgan fingerprint density at radius 1 is 1.60 bits per heavy atom. The summed E-state index contributed by atoms with van der Waals surface area (Å²) in [4.78, 5) is 26.4. The van der Waals surface area contributed by atoms with Crippen LogP contribution in [0.5, 0.6) is 0 Å². The number of aromatic nitrogens is 1. The Morgan fingerprint density at radius 2 is 2.35 bits per heavy atom. The first-order valence-corrected chi connectivity index (χ1v) is 8.28. The third-order valence-electron chi connectivity index (χ3n) is 2.25. The van der Waals surface area contributed by atoms with Gasteiger partial charge in [-0.25, -0.2) is 4.98 Å². The van der Waals surface area contributed by atoms with Gasteiger partial charge in [-0.15, -0.1) is 11.3 Å². The zero-order valence-electron chi connectivity index (χ0n) is 11.5. The van der Waals surface area contributed by atoms with Crippen molar-refractivity contribution in [2.24, 2.45) is 5.73 Å². The number of anilines is 1. The quantitative estimate of drug-likeness (QED) is 0.559. The molecule has 1 atom stereocenters. The minimum atomic E-state index is -0.562. The van der Waals surface area contributed by atoms with Crippen LogP contribution in [0.25, 0.3) is 0 Å². The van der Waals surface area contributed by atoms with Gasteiger partial charge in [0.15, 0.2) is 5.13 Å². The summed E-state index contributed by atoms with van der Waals surface area (Å²) in [5.74, 6) is 1.01. The summed E-state index contributed by atoms with van der Waals surface area (Å²) in [6.45, 7) is 3.56. The second-order valence-electron chi connectivity index (χ2n) is 4.02. The van der Waals surface area contributed by atoms with Crippen molar-refractivity contribution >= 4 is 40.1 Å². The number of thiazole rings is 1. The molecule has 1 rings (SSSR count). The first-order valence-electron chi connectivity index (χ1n) is 6.25. The summed E-state index contributed by atoms with van der Waals surface area (Å²) in [6.07, 6.45) is 0.576. The summed E-state index contributed by atoms with van der Waals surface area (Å²) >= 11 is 3.04. The Labute approximate surface area is 126 Å². The molecule has 1 amide bonds. The predicted octanol–water partition coefficient (Wildman–Crippen LogP) is 1.62. The molecule has 3 N–H and O–H groups in total. The molecule has 1 aromatic rings. The fraction of sp³-hybridized carbons (Fsp3) is 0.583. The molecule has 1 unspecified atom stereocenters. The maximum absolute atomic E-state index is 11.3. The van der Waals surface area contributed by atoms with Gasteiger partial charge in [0.2, 0.25) is 5.91 Å². The van der Waals surface area contributed by atoms with Crippen molar-refractivity contribution in [3.63, 3.8) is 0 Å². The van der Waals surface area contributed by atoms with Crippen LogP contribution >= 0.6 is 23.1 Å². The van der Waals surface area contributed by atoms with Gasteiger partial charge in [-0.1, -0.05) is 0 Å². The van der Waals surface area contributed by atoms with Crippen LogP contribution in [0.1, 0.15) is 26.0 Å². The van der Waals surface area contributed by atoms with E-state index < -0.39 is 6.04 Å². The number of carbonyl (C=O) groups excluding carboxylic acids is 2. The molecule has 20 heavy (non-hydrogen) atoms. The number of nitrogens with zero attached hydrogens (tertiary/aromatic N) is 1. The lowest BCUT2D eigenvalue weighted by molar-refractivity contribution is -0.144. The zero-order chi connectivity index (χ0) is 15.0. The molecule has 0 aliphatic heterocycles. The molecule has 0 saturated carbocycles. The van der Waals surface area contributed by atoms with E-state index in [9.17, 15) is 9.59 Å². The number of hydrogen-bond acceptors (Lipinski definition) is 7. The van der Waals surface area contributed by atoms with Crippen molar-refractivity contribution in [2.45, 2.75) is 32.1 Å². The molecule has 8 heteroatoms. The molecule has 1 heterocycles. The van der Waals surface area contributed by atoms with Gasteiger partial charge in [-0.3, -0.25) is 9.59 Å². The first kappa shape index (κ1) is 16.9. The van der Waals surface area contributed by atoms with Gasteiger partial charge in [0.25, 0.3) is 0 Å². The number of nitrogens with one attached hydrogen (secondary N) is 1. The van der Waals surface area contributed by atoms with Crippen LogP contribution < -0.4 is 11.1 Å². The van der Waals surface area contributed by atoms with Crippen molar-refractivity contribution in [1.82, 2.24) is 4.98 Å². The molecule has 0 aromatic carbocycles. The standard InChI is InChI=1S/C12H19N3O3S2/c1-3-18-11(17)10(13)4-5-19-6-9-7-20-12(15-9)14-8(2)16/h7,10H,3-6,13H2,1-2H3,(H,14,15,16). The third kappa shape index (κ3) is 6.36. The lowest BCUT2D eigenvalue weighted by atomic mass is 10.2. The largest absolute Gasteiger partial charge is 0.465 e. The predicted molar refractivity (Wildman–Crippen MR) is 81.8 cm³/mol. The highest BCUT2D eigenvalue weighted by Gasteiger charge is 2.13. The van der Waals surface area contributed by atoms with E-state index in [2.05, 4.69) is 10.3 Å². The maximum atomic E-state index is 11.3. The summed E-state index contributed by atoms with van der Waals surface area (Å²) in [6, 6.07) is -0.562. The van der Waals surface area contributed by atoms with Gasteiger partial charge in [-0.2, -0.15) is 11.8 Å². The summed E-state index contributed by atoms with van der Waals surface area (Å²) in [5, 5.41) is 5.15. The Bertz CT molecular complexity index is 451. The van der Waals surface area contributed by atoms with E-state index in [1.807, 2.05) is 5.38 Å². The SMILES string of the molecule is CCOC(=O)C(N)CCSCc1csc(NC(C)=O)n1. The van der Waals surface area contributed by atoms with Gasteiger partial charge in [-0.05, 0) is 19.1 Å². The highest BCUT2D eigenvalue weighted by atomic mass is 32.2. The topological polar surface area (TPSA) is 94.3 Å². The minimum absolute atomic E-state index is 0.126. The zero-order valence-corrected chi connectivity index (χ0v) is 13.2. The van der Waals surface area contributed by atoms with Gasteiger partial charge in [0.05, 0.1) is 12.3 Å². The summed E-state index contributed by atoms with van der Waals surface area (Å²) < 4.78 is 4.84. The fourth-order valence-corrected chi connectivity index (χ4v) is 3.12. The van der Waals surface area contributed by atoms with Crippen LogP contribution in [0.15, 0.2) is 5.38 Å². The van der Waals surface area contributed by atoms with Crippen LogP contribution in [-0.4, -0.2) is 35.3 Å². The van der Waals surface area contributed by atoms with Gasteiger partial charge in [0.1, 0.15) is 6.04 Å². The van der Waals surface area contributed by atoms with E-state index in [0.29, 0.717) is 18.2 Å². The lowest BCUT2D eigenvalue weighted by Gasteiger charge is -2.09. The molecule has 0 spiro atoms. The number of ether oxygens (including phenoxy) is 1. The van der Waals surface area contributed by atoms with E-state index in [4.69, 9.17) is 10.5 Å². The van der Waals surface area contributed by atoms with Gasteiger partial charge < -0.3 is 15.8 Å². The maximum Gasteiger partial charge on any atom is 0.322 e. The van der Waals surface area contributed by atoms with E-state index in [1.165, 1.54) is 18.3 Å². The minimum Gasteiger partial charge on any atom is -0.465 e. The van der Waals surface area contributed by atoms with Crippen LogP contribution in [-0.2, 0) is 20.1 Å². The Morgan fingerprint density at radius 3 is 3.00 bits per heavy atom. The molecule has 0 fully saturated rings. The van der Waals surface area contributed by atoms with Crippen LogP contribution in [0.3, 0.4) is 0 Å². The molecule has 1 aromatic heterocycles. The van der Waals surface area contributed by atoms with Crippen LogP contribution in [0.2, 0.25) is 0 Å². The Kier molecular flexibility index (Phi) is 7.56. The average Bonchev–Trinajstić information content (AvgIpc) is 2.81. The van der Waals surface area contributed by atoms with Crippen molar-refractivity contribution in [2.75, 3.05) is 17.7 Å². The van der Waals surface area contributed by atoms with Crippen LogP contribution in [0.4, 0.5) is 5.13 Å². The highest BCUT2D eigenvalue weighted by molar-refractivity contribution is 7.98. The van der Waals surface area contributed by atoms with E-state index in [-0.39, 0.29) is 11.9 Å². The second-order valence-corrected chi connectivity index (χ2v) is 5.99. The first-order chi connectivity index (χ1) is 9.52. The molecular weight excluding hydrogens is 298 g/mol. The number of nitrogens with two attached hydrogens (primary N) is 1. The summed E-state index contributed by atoms with van der Waals surface area (Å²) in [5.41, 5.74) is 6.60. The monoisotopic (exact) mass is 317 g/mol. The van der Waals surface area contributed by atoms with E-state index >= 15 is 0 Å². The van der Waals surface area contributed by atoms with Gasteiger partial charge >= 0.3 is 5.97 Å². The van der Waals surface area contributed by atoms with Gasteiger partial charge in [0, 0.05) is 18.1 Å². The average molecular weight is 317 g/mol. The number of amides is 1. The number of esters is 1. The highest BCUT2D eigenvalue weighted by Crippen LogP contribution is 2.20. The number of carbonyl (C=O) groups is 2. The molecule has 0 saturated heterocycles. The van der Waals surface area contributed by atoms with E-state index in [0.717, 1.165) is 17.2 Å². The molecule has 0 radical (unpaired) electrons. The van der Waals surface area contributed by atoms with Crippen LogP contribution in [0, 0.1) is 0 Å². The molecular formula is C12H19N3O3S2. The van der Waals surface area contributed by atoms with E-state index in [1.54, 1.807) is 18.7 Å². The summed E-state index contributed by atoms with van der Waals surface area (Å²) in [7, 11) is 0. The molecule has 0 aliphatic rings. The second kappa shape index (κ2) is 8.93. The van der Waals surface area contributed by atoms with Crippen molar-refractivity contribution in [1.29, 1.82) is 0 Å². The number of hydrogen-bond donors (Lipinski definition) is 2. The Hall–Kier alpha value is -1.12. The third-order valence-corrected chi connectivity index (χ3v) is 4.08. The van der Waals surface area contributed by atoms with Crippen molar-refractivity contribution in [3.05, 3.63) is 11.1 Å². The molecule has 6 nitrogen and oxygen atoms in total. The molecule has 0 aliphatic carbocycles. The molecule has 112 valence electrons. The number of thioether (sulfide) groups is 1. The Balaban J connectivity index is 2.22. The molecule has 0 bridgehead atoms. The van der Waals surface area contributed by atoms with Crippen molar-refractivity contribution in [3.8, 4) is 0 Å². The fourth-order valence-electron chi connectivity index (χ4n) is 1.34.